The Bertz CT molecular complexity index is 382. The van der Waals surface area contributed by atoms with E-state index >= 15 is 0 Å². The maximum absolute atomic E-state index is 5.92. The predicted octanol–water partition coefficient (Wildman–Crippen LogP) is 3.52. The molecule has 1 saturated carbocycles. The van der Waals surface area contributed by atoms with Crippen LogP contribution >= 0.6 is 11.6 Å². The highest BCUT2D eigenvalue weighted by atomic mass is 35.5. The Kier molecular flexibility index (Phi) is 5.26. The lowest BCUT2D eigenvalue weighted by atomic mass is 9.75. The first-order valence-electron chi connectivity index (χ1n) is 7.21. The van der Waals surface area contributed by atoms with Crippen LogP contribution in [-0.4, -0.2) is 37.6 Å². The molecule has 0 bridgehead atoms. The summed E-state index contributed by atoms with van der Waals surface area (Å²) in [4.78, 5) is 2.25. The van der Waals surface area contributed by atoms with E-state index in [4.69, 9.17) is 11.6 Å². The molecule has 3 heteroatoms. The van der Waals surface area contributed by atoms with Crippen LogP contribution < -0.4 is 5.32 Å². The van der Waals surface area contributed by atoms with Crippen LogP contribution in [0.1, 0.15) is 37.7 Å². The molecule has 1 N–H and O–H groups in total. The Morgan fingerprint density at radius 2 is 1.89 bits per heavy atom. The zero-order valence-corrected chi connectivity index (χ0v) is 13.0. The van der Waals surface area contributed by atoms with Gasteiger partial charge in [-0.3, -0.25) is 0 Å². The molecular formula is C16H25ClN2. The maximum atomic E-state index is 5.92. The third kappa shape index (κ3) is 4.48. The van der Waals surface area contributed by atoms with Crippen molar-refractivity contribution in [2.24, 2.45) is 0 Å². The Labute approximate surface area is 122 Å². The topological polar surface area (TPSA) is 15.3 Å². The van der Waals surface area contributed by atoms with Crippen LogP contribution in [0.15, 0.2) is 24.3 Å². The quantitative estimate of drug-likeness (QED) is 0.858. The van der Waals surface area contributed by atoms with Gasteiger partial charge in [0.25, 0.3) is 0 Å². The summed E-state index contributed by atoms with van der Waals surface area (Å²) in [6, 6.07) is 9.63. The standard InChI is InChI=1S/C16H25ClN2/c1-12(8-9-19(2)3)18-16-10-14(11-16)13-4-6-15(17)7-5-13/h4-7,12,14,16,18H,8-11H2,1-3H3. The summed E-state index contributed by atoms with van der Waals surface area (Å²) >= 11 is 5.92. The van der Waals surface area contributed by atoms with Crippen molar-refractivity contribution in [3.8, 4) is 0 Å². The van der Waals surface area contributed by atoms with Crippen molar-refractivity contribution in [1.82, 2.24) is 10.2 Å². The molecule has 0 aromatic heterocycles. The Morgan fingerprint density at radius 1 is 1.26 bits per heavy atom. The molecule has 1 aromatic rings. The molecule has 0 saturated heterocycles. The van der Waals surface area contributed by atoms with Crippen LogP contribution in [0, 0.1) is 0 Å². The van der Waals surface area contributed by atoms with Crippen molar-refractivity contribution in [3.05, 3.63) is 34.9 Å². The smallest absolute Gasteiger partial charge is 0.0406 e. The first-order valence-corrected chi connectivity index (χ1v) is 7.58. The Morgan fingerprint density at radius 3 is 2.47 bits per heavy atom. The van der Waals surface area contributed by atoms with Gasteiger partial charge < -0.3 is 10.2 Å². The third-order valence-corrected chi connectivity index (χ3v) is 4.26. The monoisotopic (exact) mass is 280 g/mol. The highest BCUT2D eigenvalue weighted by molar-refractivity contribution is 6.30. The van der Waals surface area contributed by atoms with Gasteiger partial charge in [-0.25, -0.2) is 0 Å². The van der Waals surface area contributed by atoms with Gasteiger partial charge >= 0.3 is 0 Å². The summed E-state index contributed by atoms with van der Waals surface area (Å²) in [6.07, 6.45) is 3.73. The van der Waals surface area contributed by atoms with Crippen LogP contribution in [0.5, 0.6) is 0 Å². The fourth-order valence-electron chi connectivity index (χ4n) is 2.70. The number of halogens is 1. The summed E-state index contributed by atoms with van der Waals surface area (Å²) in [5.41, 5.74) is 1.43. The van der Waals surface area contributed by atoms with Crippen LogP contribution in [0.4, 0.5) is 0 Å². The minimum absolute atomic E-state index is 0.610. The lowest BCUT2D eigenvalue weighted by molar-refractivity contribution is 0.255. The largest absolute Gasteiger partial charge is 0.311 e. The average molecular weight is 281 g/mol. The summed E-state index contributed by atoms with van der Waals surface area (Å²) in [6.45, 7) is 3.45. The molecule has 106 valence electrons. The zero-order valence-electron chi connectivity index (χ0n) is 12.2. The van der Waals surface area contributed by atoms with E-state index in [1.807, 2.05) is 12.1 Å². The molecule has 0 radical (unpaired) electrons. The Balaban J connectivity index is 1.70. The minimum atomic E-state index is 0.610. The van der Waals surface area contributed by atoms with E-state index in [-0.39, 0.29) is 0 Å². The second-order valence-corrected chi connectivity index (χ2v) is 6.51. The molecule has 0 aliphatic heterocycles. The van der Waals surface area contributed by atoms with Crippen LogP contribution in [0.3, 0.4) is 0 Å². The highest BCUT2D eigenvalue weighted by Gasteiger charge is 2.30. The SMILES string of the molecule is CC(CCN(C)C)NC1CC(c2ccc(Cl)cc2)C1. The van der Waals surface area contributed by atoms with Crippen molar-refractivity contribution >= 4 is 11.6 Å². The second kappa shape index (κ2) is 6.74. The van der Waals surface area contributed by atoms with E-state index in [1.165, 1.54) is 24.8 Å². The number of rotatable bonds is 6. The molecule has 19 heavy (non-hydrogen) atoms. The molecular weight excluding hydrogens is 256 g/mol. The summed E-state index contributed by atoms with van der Waals surface area (Å²) in [5.74, 6) is 0.718. The van der Waals surface area contributed by atoms with Crippen molar-refractivity contribution in [3.63, 3.8) is 0 Å². The second-order valence-electron chi connectivity index (χ2n) is 6.08. The van der Waals surface area contributed by atoms with E-state index in [0.29, 0.717) is 12.1 Å². The molecule has 2 rings (SSSR count). The molecule has 1 atom stereocenters. The third-order valence-electron chi connectivity index (χ3n) is 4.01. The fourth-order valence-corrected chi connectivity index (χ4v) is 2.82. The minimum Gasteiger partial charge on any atom is -0.311 e. The lowest BCUT2D eigenvalue weighted by Gasteiger charge is -2.38. The number of benzene rings is 1. The van der Waals surface area contributed by atoms with Crippen molar-refractivity contribution in [2.45, 2.75) is 44.2 Å². The number of nitrogens with one attached hydrogen (secondary N) is 1. The highest BCUT2D eigenvalue weighted by Crippen LogP contribution is 2.37. The molecule has 1 unspecified atom stereocenters. The first kappa shape index (κ1) is 14.8. The van der Waals surface area contributed by atoms with Crippen LogP contribution in [-0.2, 0) is 0 Å². The fraction of sp³-hybridized carbons (Fsp3) is 0.625. The van der Waals surface area contributed by atoms with Crippen molar-refractivity contribution in [2.75, 3.05) is 20.6 Å². The molecule has 1 aromatic carbocycles. The van der Waals surface area contributed by atoms with Gasteiger partial charge in [0.1, 0.15) is 0 Å². The average Bonchev–Trinajstić information content (AvgIpc) is 2.32. The van der Waals surface area contributed by atoms with E-state index in [0.717, 1.165) is 17.5 Å². The molecule has 1 fully saturated rings. The number of hydrogen-bond acceptors (Lipinski definition) is 2. The summed E-state index contributed by atoms with van der Waals surface area (Å²) < 4.78 is 0. The van der Waals surface area contributed by atoms with Crippen molar-refractivity contribution in [1.29, 1.82) is 0 Å². The first-order chi connectivity index (χ1) is 9.04. The van der Waals surface area contributed by atoms with Gasteiger partial charge in [0.2, 0.25) is 0 Å². The van der Waals surface area contributed by atoms with Gasteiger partial charge in [-0.2, -0.15) is 0 Å². The maximum Gasteiger partial charge on any atom is 0.0406 e. The van der Waals surface area contributed by atoms with E-state index < -0.39 is 0 Å². The molecule has 0 heterocycles. The van der Waals surface area contributed by atoms with Crippen LogP contribution in [0.25, 0.3) is 0 Å². The van der Waals surface area contributed by atoms with Gasteiger partial charge in [-0.1, -0.05) is 23.7 Å². The molecule has 1 aliphatic rings. The van der Waals surface area contributed by atoms with Crippen LogP contribution in [0.2, 0.25) is 5.02 Å². The van der Waals surface area contributed by atoms with Crippen molar-refractivity contribution < 1.29 is 0 Å². The predicted molar refractivity (Wildman–Crippen MR) is 83.0 cm³/mol. The van der Waals surface area contributed by atoms with E-state index in [9.17, 15) is 0 Å². The van der Waals surface area contributed by atoms with Gasteiger partial charge in [0, 0.05) is 17.1 Å². The Hall–Kier alpha value is -0.570. The van der Waals surface area contributed by atoms with Gasteiger partial charge in [-0.15, -0.1) is 0 Å². The molecule has 2 nitrogen and oxygen atoms in total. The zero-order chi connectivity index (χ0) is 13.8. The summed E-state index contributed by atoms with van der Waals surface area (Å²) in [5, 5.41) is 4.56. The number of nitrogens with zero attached hydrogens (tertiary/aromatic N) is 1. The van der Waals surface area contributed by atoms with Gasteiger partial charge in [0.15, 0.2) is 0 Å². The number of hydrogen-bond donors (Lipinski definition) is 1. The molecule has 1 aliphatic carbocycles. The molecule has 0 spiro atoms. The lowest BCUT2D eigenvalue weighted by Crippen LogP contribution is -2.45. The van der Waals surface area contributed by atoms with E-state index in [1.54, 1.807) is 0 Å². The van der Waals surface area contributed by atoms with Gasteiger partial charge in [0.05, 0.1) is 0 Å². The molecule has 0 amide bonds. The normalized spacial score (nSPS) is 24.3. The van der Waals surface area contributed by atoms with E-state index in [2.05, 4.69) is 43.4 Å². The van der Waals surface area contributed by atoms with Gasteiger partial charge in [-0.05, 0) is 70.4 Å². The summed E-state index contributed by atoms with van der Waals surface area (Å²) in [7, 11) is 4.26.